The molecular formula is C19H27F4N3O3S. The molecule has 0 spiro atoms. The van der Waals surface area contributed by atoms with E-state index in [2.05, 4.69) is 10.3 Å². The van der Waals surface area contributed by atoms with Gasteiger partial charge in [0.25, 0.3) is 10.0 Å². The Bertz CT molecular complexity index is 859. The van der Waals surface area contributed by atoms with Crippen LogP contribution in [-0.4, -0.2) is 31.2 Å². The lowest BCUT2D eigenvalue weighted by molar-refractivity contribution is -0.132. The Morgan fingerprint density at radius 2 is 2.10 bits per heavy atom. The van der Waals surface area contributed by atoms with Gasteiger partial charge in [-0.25, -0.2) is 36.1 Å². The maximum atomic E-state index is 14.0. The van der Waals surface area contributed by atoms with Crippen molar-refractivity contribution in [3.05, 3.63) is 18.3 Å². The lowest BCUT2D eigenvalue weighted by Crippen LogP contribution is -2.40. The van der Waals surface area contributed by atoms with E-state index in [9.17, 15) is 30.8 Å². The Labute approximate surface area is 173 Å². The van der Waals surface area contributed by atoms with Gasteiger partial charge in [-0.15, -0.1) is 0 Å². The minimum atomic E-state index is -4.09. The van der Waals surface area contributed by atoms with E-state index in [1.54, 1.807) is 6.92 Å². The van der Waals surface area contributed by atoms with Gasteiger partial charge in [-0.05, 0) is 44.1 Å². The largest absolute Gasteiger partial charge is 0.326 e. The molecule has 170 valence electrons. The number of hydrogen-bond donors (Lipinski definition) is 2. The van der Waals surface area contributed by atoms with Gasteiger partial charge in [-0.1, -0.05) is 6.92 Å². The van der Waals surface area contributed by atoms with Crippen LogP contribution in [-0.2, 0) is 14.8 Å². The van der Waals surface area contributed by atoms with E-state index in [1.807, 2.05) is 0 Å². The van der Waals surface area contributed by atoms with Crippen LogP contribution >= 0.6 is 0 Å². The zero-order chi connectivity index (χ0) is 22.7. The van der Waals surface area contributed by atoms with Gasteiger partial charge in [-0.2, -0.15) is 0 Å². The third kappa shape index (κ3) is 7.50. The second kappa shape index (κ2) is 9.17. The zero-order valence-electron chi connectivity index (χ0n) is 16.9. The van der Waals surface area contributed by atoms with E-state index >= 15 is 0 Å². The minimum Gasteiger partial charge on any atom is -0.326 e. The highest BCUT2D eigenvalue weighted by Crippen LogP contribution is 2.43. The van der Waals surface area contributed by atoms with Crippen LogP contribution in [0, 0.1) is 17.8 Å². The van der Waals surface area contributed by atoms with Crippen LogP contribution in [0.2, 0.25) is 0 Å². The molecule has 1 aliphatic carbocycles. The van der Waals surface area contributed by atoms with Gasteiger partial charge in [0.1, 0.15) is 0 Å². The summed E-state index contributed by atoms with van der Waals surface area (Å²) in [5.74, 6) is -8.03. The van der Waals surface area contributed by atoms with E-state index in [-0.39, 0.29) is 43.2 Å². The predicted octanol–water partition coefficient (Wildman–Crippen LogP) is 4.18. The molecule has 3 unspecified atom stereocenters. The van der Waals surface area contributed by atoms with Crippen molar-refractivity contribution in [2.45, 2.75) is 69.2 Å². The maximum Gasteiger partial charge on any atom is 0.255 e. The van der Waals surface area contributed by atoms with E-state index < -0.39 is 45.1 Å². The third-order valence-electron chi connectivity index (χ3n) is 5.38. The average molecular weight is 454 g/mol. The molecule has 0 aliphatic heterocycles. The zero-order valence-corrected chi connectivity index (χ0v) is 17.7. The first-order valence-corrected chi connectivity index (χ1v) is 11.3. The van der Waals surface area contributed by atoms with Crippen LogP contribution in [0.5, 0.6) is 0 Å². The molecule has 1 saturated carbocycles. The van der Waals surface area contributed by atoms with Gasteiger partial charge < -0.3 is 5.32 Å². The molecule has 3 atom stereocenters. The number of anilines is 1. The van der Waals surface area contributed by atoms with E-state index in [0.29, 0.717) is 6.42 Å². The first-order valence-electron chi connectivity index (χ1n) is 9.72. The van der Waals surface area contributed by atoms with Crippen molar-refractivity contribution in [1.82, 2.24) is 4.98 Å². The standard InChI is InChI=1S/C19H27F4N3O3S/c1-12(3-6-18(2,20)21)9-13-4-7-19(22,23)11-15(13)17(27)26-14-5-8-25-16(10-14)30(24,28)29/h5,8,10,12-13,15H,3-4,6-7,9,11H2,1-2H3,(H2,24,28,29)(H,25,26,27). The average Bonchev–Trinajstić information content (AvgIpc) is 2.60. The van der Waals surface area contributed by atoms with Crippen molar-refractivity contribution in [2.24, 2.45) is 22.9 Å². The molecule has 1 aromatic heterocycles. The number of primary sulfonamides is 1. The number of alkyl halides is 4. The fourth-order valence-electron chi connectivity index (χ4n) is 3.79. The van der Waals surface area contributed by atoms with Crippen molar-refractivity contribution in [3.8, 4) is 0 Å². The summed E-state index contributed by atoms with van der Waals surface area (Å²) in [7, 11) is -4.09. The van der Waals surface area contributed by atoms with E-state index in [4.69, 9.17) is 5.14 Å². The number of halogens is 4. The van der Waals surface area contributed by atoms with Crippen molar-refractivity contribution >= 4 is 21.6 Å². The molecule has 1 aromatic rings. The summed E-state index contributed by atoms with van der Waals surface area (Å²) in [5, 5.41) is 7.03. The molecule has 1 aliphatic rings. The minimum absolute atomic E-state index is 0.0744. The molecule has 3 N–H and O–H groups in total. The third-order valence-corrected chi connectivity index (χ3v) is 6.19. The monoisotopic (exact) mass is 453 g/mol. The summed E-state index contributed by atoms with van der Waals surface area (Å²) in [6.45, 7) is 2.61. The second-order valence-corrected chi connectivity index (χ2v) is 9.84. The van der Waals surface area contributed by atoms with Crippen LogP contribution in [0.25, 0.3) is 0 Å². The Kier molecular flexibility index (Phi) is 7.49. The summed E-state index contributed by atoms with van der Waals surface area (Å²) in [6.07, 6.45) is 0.541. The SMILES string of the molecule is CC(CCC(C)(F)F)CC1CCC(F)(F)CC1C(=O)Nc1ccnc(S(N)(=O)=O)c1. The molecule has 1 heterocycles. The van der Waals surface area contributed by atoms with E-state index in [1.165, 1.54) is 6.07 Å². The van der Waals surface area contributed by atoms with Crippen molar-refractivity contribution in [2.75, 3.05) is 5.32 Å². The van der Waals surface area contributed by atoms with Crippen molar-refractivity contribution in [1.29, 1.82) is 0 Å². The molecule has 6 nitrogen and oxygen atoms in total. The van der Waals surface area contributed by atoms with Gasteiger partial charge in [0, 0.05) is 43.1 Å². The lowest BCUT2D eigenvalue weighted by atomic mass is 9.72. The number of pyridine rings is 1. The molecular weight excluding hydrogens is 426 g/mol. The van der Waals surface area contributed by atoms with Crippen LogP contribution in [0.3, 0.4) is 0 Å². The number of rotatable bonds is 8. The lowest BCUT2D eigenvalue weighted by Gasteiger charge is -2.36. The van der Waals surface area contributed by atoms with E-state index in [0.717, 1.165) is 19.2 Å². The summed E-state index contributed by atoms with van der Waals surface area (Å²) in [5.41, 5.74) is 0.0744. The van der Waals surface area contributed by atoms with Gasteiger partial charge in [0.2, 0.25) is 17.8 Å². The number of nitrogens with one attached hydrogen (secondary N) is 1. The van der Waals surface area contributed by atoms with Crippen LogP contribution in [0.1, 0.15) is 52.4 Å². The molecule has 11 heteroatoms. The number of amides is 1. The fraction of sp³-hybridized carbons (Fsp3) is 0.684. The second-order valence-electron chi connectivity index (χ2n) is 8.33. The maximum absolute atomic E-state index is 14.0. The van der Waals surface area contributed by atoms with Gasteiger partial charge in [0.05, 0.1) is 0 Å². The highest BCUT2D eigenvalue weighted by atomic mass is 32.2. The van der Waals surface area contributed by atoms with Gasteiger partial charge >= 0.3 is 0 Å². The highest BCUT2D eigenvalue weighted by molar-refractivity contribution is 7.89. The van der Waals surface area contributed by atoms with Gasteiger partial charge in [-0.3, -0.25) is 4.79 Å². The number of nitrogens with zero attached hydrogens (tertiary/aromatic N) is 1. The molecule has 0 saturated heterocycles. The number of nitrogens with two attached hydrogens (primary N) is 1. The summed E-state index contributed by atoms with van der Waals surface area (Å²) in [6, 6.07) is 2.38. The Hall–Kier alpha value is -1.75. The Morgan fingerprint density at radius 1 is 1.43 bits per heavy atom. The topological polar surface area (TPSA) is 102 Å². The molecule has 2 rings (SSSR count). The van der Waals surface area contributed by atoms with Gasteiger partial charge in [0.15, 0.2) is 5.03 Å². The molecule has 0 radical (unpaired) electrons. The quantitative estimate of drug-likeness (QED) is 0.577. The summed E-state index contributed by atoms with van der Waals surface area (Å²) < 4.78 is 77.0. The normalized spacial score (nSPS) is 23.0. The number of hydrogen-bond acceptors (Lipinski definition) is 4. The number of carbonyl (C=O) groups excluding carboxylic acids is 1. The predicted molar refractivity (Wildman–Crippen MR) is 104 cm³/mol. The molecule has 0 bridgehead atoms. The van der Waals surface area contributed by atoms with Crippen LogP contribution in [0.4, 0.5) is 23.2 Å². The number of sulfonamides is 1. The van der Waals surface area contributed by atoms with Crippen LogP contribution < -0.4 is 10.5 Å². The summed E-state index contributed by atoms with van der Waals surface area (Å²) >= 11 is 0. The molecule has 1 fully saturated rings. The fourth-order valence-corrected chi connectivity index (χ4v) is 4.29. The smallest absolute Gasteiger partial charge is 0.255 e. The first kappa shape index (κ1) is 24.5. The molecule has 1 amide bonds. The first-order chi connectivity index (χ1) is 13.7. The number of aromatic nitrogens is 1. The Morgan fingerprint density at radius 3 is 2.70 bits per heavy atom. The van der Waals surface area contributed by atoms with Crippen molar-refractivity contribution in [3.63, 3.8) is 0 Å². The highest BCUT2D eigenvalue weighted by Gasteiger charge is 2.44. The molecule has 0 aromatic carbocycles. The Balaban J connectivity index is 2.12. The number of carbonyl (C=O) groups is 1. The summed E-state index contributed by atoms with van der Waals surface area (Å²) in [4.78, 5) is 16.4. The molecule has 30 heavy (non-hydrogen) atoms. The van der Waals surface area contributed by atoms with Crippen molar-refractivity contribution < 1.29 is 30.8 Å². The van der Waals surface area contributed by atoms with Crippen LogP contribution in [0.15, 0.2) is 23.4 Å².